The predicted octanol–water partition coefficient (Wildman–Crippen LogP) is 3.96. The van der Waals surface area contributed by atoms with Crippen LogP contribution in [0.4, 0.5) is 18.9 Å². The van der Waals surface area contributed by atoms with Gasteiger partial charge in [-0.25, -0.2) is 0 Å². The van der Waals surface area contributed by atoms with Crippen LogP contribution in [0.15, 0.2) is 30.5 Å². The lowest BCUT2D eigenvalue weighted by molar-refractivity contribution is -0.135. The minimum atomic E-state index is -4.05. The fraction of sp³-hybridized carbons (Fsp3) is 0.385. The van der Waals surface area contributed by atoms with Crippen molar-refractivity contribution >= 4 is 16.6 Å². The number of aryl methyl sites for hydroxylation is 1. The molecule has 1 heterocycles. The molecule has 2 N–H and O–H groups in total. The molecule has 98 valence electrons. The first kappa shape index (κ1) is 12.8. The van der Waals surface area contributed by atoms with Crippen molar-refractivity contribution in [3.8, 4) is 0 Å². The van der Waals surface area contributed by atoms with Crippen LogP contribution in [0, 0.1) is 0 Å². The van der Waals surface area contributed by atoms with Crippen LogP contribution in [0.5, 0.6) is 0 Å². The second kappa shape index (κ2) is 4.92. The molecule has 0 atom stereocenters. The molecule has 2 nitrogen and oxygen atoms in total. The second-order valence-electron chi connectivity index (χ2n) is 4.40. The third kappa shape index (κ3) is 3.18. The molecule has 0 aliphatic rings. The third-order valence-corrected chi connectivity index (χ3v) is 2.90. The zero-order valence-corrected chi connectivity index (χ0v) is 9.87. The van der Waals surface area contributed by atoms with Gasteiger partial charge in [0, 0.05) is 35.8 Å². The number of rotatable bonds is 4. The Morgan fingerprint density at radius 1 is 1.11 bits per heavy atom. The smallest absolute Gasteiger partial charge is 0.389 e. The molecule has 0 fully saturated rings. The average Bonchev–Trinajstić information content (AvgIpc) is 2.65. The van der Waals surface area contributed by atoms with E-state index in [1.54, 1.807) is 6.07 Å². The summed E-state index contributed by atoms with van der Waals surface area (Å²) in [6.45, 7) is 0.601. The molecule has 0 radical (unpaired) electrons. The first-order chi connectivity index (χ1) is 8.46. The van der Waals surface area contributed by atoms with E-state index >= 15 is 0 Å². The Labute approximate surface area is 103 Å². The van der Waals surface area contributed by atoms with Crippen LogP contribution in [-0.2, 0) is 6.54 Å². The Kier molecular flexibility index (Phi) is 3.50. The fourth-order valence-corrected chi connectivity index (χ4v) is 2.02. The molecule has 18 heavy (non-hydrogen) atoms. The lowest BCUT2D eigenvalue weighted by Gasteiger charge is -2.07. The maximum atomic E-state index is 12.0. The zero-order valence-electron chi connectivity index (χ0n) is 9.87. The summed E-state index contributed by atoms with van der Waals surface area (Å²) < 4.78 is 38.0. The number of hydrogen-bond acceptors (Lipinski definition) is 1. The zero-order chi connectivity index (χ0) is 13.2. The molecule has 0 unspecified atom stereocenters. The number of benzene rings is 1. The van der Waals surface area contributed by atoms with Gasteiger partial charge in [-0.2, -0.15) is 13.2 Å². The minimum absolute atomic E-state index is 0.165. The van der Waals surface area contributed by atoms with Crippen molar-refractivity contribution in [3.05, 3.63) is 30.5 Å². The minimum Gasteiger partial charge on any atom is -0.399 e. The standard InChI is InChI=1S/C13H15F3N2/c14-13(15,16)6-1-2-7-18-8-5-10-9-11(17)3-4-12(10)18/h3-5,8-9H,1-2,6-7,17H2. The van der Waals surface area contributed by atoms with Crippen molar-refractivity contribution < 1.29 is 13.2 Å². The highest BCUT2D eigenvalue weighted by atomic mass is 19.4. The van der Waals surface area contributed by atoms with Gasteiger partial charge in [0.1, 0.15) is 0 Å². The molecule has 0 amide bonds. The summed E-state index contributed by atoms with van der Waals surface area (Å²) >= 11 is 0. The summed E-state index contributed by atoms with van der Waals surface area (Å²) in [6.07, 6.45) is -2.18. The predicted molar refractivity (Wildman–Crippen MR) is 66.3 cm³/mol. The van der Waals surface area contributed by atoms with Crippen LogP contribution in [0.1, 0.15) is 19.3 Å². The largest absolute Gasteiger partial charge is 0.399 e. The molecule has 0 spiro atoms. The molecule has 0 saturated carbocycles. The molecule has 2 rings (SSSR count). The van der Waals surface area contributed by atoms with Crippen LogP contribution in [0.2, 0.25) is 0 Å². The second-order valence-corrected chi connectivity index (χ2v) is 4.40. The molecular formula is C13H15F3N2. The van der Waals surface area contributed by atoms with E-state index in [1.165, 1.54) is 0 Å². The number of nitrogen functional groups attached to an aromatic ring is 1. The Hall–Kier alpha value is -1.65. The number of nitrogens with zero attached hydrogens (tertiary/aromatic N) is 1. The lowest BCUT2D eigenvalue weighted by atomic mass is 10.2. The number of alkyl halides is 3. The van der Waals surface area contributed by atoms with E-state index in [0.29, 0.717) is 18.7 Å². The van der Waals surface area contributed by atoms with Crippen molar-refractivity contribution in [3.63, 3.8) is 0 Å². The highest BCUT2D eigenvalue weighted by Crippen LogP contribution is 2.23. The van der Waals surface area contributed by atoms with Crippen LogP contribution in [0.3, 0.4) is 0 Å². The summed E-state index contributed by atoms with van der Waals surface area (Å²) in [6, 6.07) is 7.49. The number of hydrogen-bond donors (Lipinski definition) is 1. The van der Waals surface area contributed by atoms with Gasteiger partial charge in [0.05, 0.1) is 0 Å². The van der Waals surface area contributed by atoms with Gasteiger partial charge in [0.25, 0.3) is 0 Å². The molecule has 0 bridgehead atoms. The van der Waals surface area contributed by atoms with E-state index in [4.69, 9.17) is 5.73 Å². The van der Waals surface area contributed by atoms with E-state index in [2.05, 4.69) is 0 Å². The summed E-state index contributed by atoms with van der Waals surface area (Å²) in [5.41, 5.74) is 7.37. The average molecular weight is 256 g/mol. The van der Waals surface area contributed by atoms with Crippen molar-refractivity contribution in [2.24, 2.45) is 0 Å². The van der Waals surface area contributed by atoms with Crippen LogP contribution in [0.25, 0.3) is 10.9 Å². The molecule has 0 aliphatic heterocycles. The Morgan fingerprint density at radius 2 is 1.89 bits per heavy atom. The molecular weight excluding hydrogens is 241 g/mol. The maximum absolute atomic E-state index is 12.0. The first-order valence-corrected chi connectivity index (χ1v) is 5.87. The maximum Gasteiger partial charge on any atom is 0.389 e. The number of nitrogens with two attached hydrogens (primary N) is 1. The number of halogens is 3. The van der Waals surface area contributed by atoms with Crippen molar-refractivity contribution in [1.82, 2.24) is 4.57 Å². The third-order valence-electron chi connectivity index (χ3n) is 2.90. The highest BCUT2D eigenvalue weighted by molar-refractivity contribution is 5.83. The quantitative estimate of drug-likeness (QED) is 0.651. The van der Waals surface area contributed by atoms with Gasteiger partial charge in [-0.05, 0) is 37.1 Å². The summed E-state index contributed by atoms with van der Waals surface area (Å²) in [5.74, 6) is 0. The van der Waals surface area contributed by atoms with Gasteiger partial charge in [0.2, 0.25) is 0 Å². The van der Waals surface area contributed by atoms with Crippen LogP contribution < -0.4 is 5.73 Å². The number of aromatic nitrogens is 1. The van der Waals surface area contributed by atoms with Gasteiger partial charge in [-0.3, -0.25) is 0 Å². The van der Waals surface area contributed by atoms with E-state index in [-0.39, 0.29) is 6.42 Å². The number of unbranched alkanes of at least 4 members (excludes halogenated alkanes) is 1. The highest BCUT2D eigenvalue weighted by Gasteiger charge is 2.25. The van der Waals surface area contributed by atoms with E-state index in [0.717, 1.165) is 10.9 Å². The number of anilines is 1. The first-order valence-electron chi connectivity index (χ1n) is 5.87. The normalized spacial score (nSPS) is 12.2. The summed E-state index contributed by atoms with van der Waals surface area (Å²) in [4.78, 5) is 0. The Morgan fingerprint density at radius 3 is 2.61 bits per heavy atom. The fourth-order valence-electron chi connectivity index (χ4n) is 2.02. The van der Waals surface area contributed by atoms with Crippen molar-refractivity contribution in [2.75, 3.05) is 5.73 Å². The molecule has 2 aromatic rings. The SMILES string of the molecule is Nc1ccc2c(ccn2CCCCC(F)(F)F)c1. The monoisotopic (exact) mass is 256 g/mol. The lowest BCUT2D eigenvalue weighted by Crippen LogP contribution is -2.07. The summed E-state index contributed by atoms with van der Waals surface area (Å²) in [5, 5.41) is 1.02. The van der Waals surface area contributed by atoms with Crippen LogP contribution in [-0.4, -0.2) is 10.7 Å². The molecule has 5 heteroatoms. The number of fused-ring (bicyclic) bond motifs is 1. The molecule has 0 saturated heterocycles. The van der Waals surface area contributed by atoms with Gasteiger partial charge < -0.3 is 10.3 Å². The summed E-state index contributed by atoms with van der Waals surface area (Å²) in [7, 11) is 0. The van der Waals surface area contributed by atoms with E-state index in [9.17, 15) is 13.2 Å². The Balaban J connectivity index is 1.96. The molecule has 0 aliphatic carbocycles. The molecule has 1 aromatic carbocycles. The van der Waals surface area contributed by atoms with Crippen molar-refractivity contribution in [2.45, 2.75) is 32.0 Å². The van der Waals surface area contributed by atoms with Gasteiger partial charge >= 0.3 is 6.18 Å². The van der Waals surface area contributed by atoms with Crippen molar-refractivity contribution in [1.29, 1.82) is 0 Å². The topological polar surface area (TPSA) is 30.9 Å². The van der Waals surface area contributed by atoms with Gasteiger partial charge in [-0.15, -0.1) is 0 Å². The van der Waals surface area contributed by atoms with Gasteiger partial charge in [-0.1, -0.05) is 0 Å². The van der Waals surface area contributed by atoms with Crippen LogP contribution >= 0.6 is 0 Å². The Bertz CT molecular complexity index is 529. The van der Waals surface area contributed by atoms with E-state index in [1.807, 2.05) is 29.0 Å². The van der Waals surface area contributed by atoms with Gasteiger partial charge in [0.15, 0.2) is 0 Å². The van der Waals surface area contributed by atoms with E-state index < -0.39 is 12.6 Å². The molecule has 1 aromatic heterocycles.